The summed E-state index contributed by atoms with van der Waals surface area (Å²) >= 11 is 1.33. The quantitative estimate of drug-likeness (QED) is 0.667. The number of aromatic nitrogens is 3. The van der Waals surface area contributed by atoms with E-state index >= 15 is 0 Å². The molecule has 0 fully saturated rings. The fraction of sp³-hybridized carbons (Fsp3) is 0.250. The average molecular weight is 413 g/mol. The van der Waals surface area contributed by atoms with Gasteiger partial charge in [0.2, 0.25) is 11.1 Å². The monoisotopic (exact) mass is 413 g/mol. The number of carbonyl (C=O) groups is 1. The number of ether oxygens (including phenoxy) is 1. The molecule has 150 valence electrons. The number of nitrogens with one attached hydrogen (secondary N) is 2. The predicted molar refractivity (Wildman–Crippen MR) is 109 cm³/mol. The van der Waals surface area contributed by atoms with Crippen LogP contribution in [0.25, 0.3) is 0 Å². The number of fused-ring (bicyclic) bond motifs is 1. The second kappa shape index (κ2) is 8.12. The lowest BCUT2D eigenvalue weighted by Gasteiger charge is -2.33. The molecule has 4 rings (SSSR count). The number of hydrogen-bond donors (Lipinski definition) is 2. The number of amides is 1. The average Bonchev–Trinajstić information content (AvgIpc) is 3.16. The highest BCUT2D eigenvalue weighted by Crippen LogP contribution is 2.37. The minimum absolute atomic E-state index is 0.186. The highest BCUT2D eigenvalue weighted by Gasteiger charge is 2.37. The zero-order valence-electron chi connectivity index (χ0n) is 15.9. The number of carbonyl (C=O) groups excluding carboxylic acids is 1. The lowest BCUT2D eigenvalue weighted by Crippen LogP contribution is -2.41. The molecule has 1 aromatic heterocycles. The summed E-state index contributed by atoms with van der Waals surface area (Å²) in [6.45, 7) is 1.99. The highest BCUT2D eigenvalue weighted by atomic mass is 32.2. The van der Waals surface area contributed by atoms with Crippen molar-refractivity contribution in [3.05, 3.63) is 65.7 Å². The fourth-order valence-electron chi connectivity index (χ4n) is 3.14. The Bertz CT molecular complexity index is 1010. The molecule has 29 heavy (non-hydrogen) atoms. The highest BCUT2D eigenvalue weighted by molar-refractivity contribution is 8.00. The molecule has 2 N–H and O–H groups in total. The van der Waals surface area contributed by atoms with Crippen LogP contribution < -0.4 is 15.5 Å². The van der Waals surface area contributed by atoms with Crippen LogP contribution in [0.4, 0.5) is 10.1 Å². The molecule has 2 unspecified atom stereocenters. The van der Waals surface area contributed by atoms with Crippen molar-refractivity contribution in [2.24, 2.45) is 0 Å². The van der Waals surface area contributed by atoms with Gasteiger partial charge in [-0.15, -0.1) is 10.2 Å². The summed E-state index contributed by atoms with van der Waals surface area (Å²) in [5.41, 5.74) is 4.80. The summed E-state index contributed by atoms with van der Waals surface area (Å²) in [5, 5.41) is 11.4. The molecule has 1 amide bonds. The molecule has 2 aromatic carbocycles. The third kappa shape index (κ3) is 3.91. The third-order valence-electron chi connectivity index (χ3n) is 4.67. The first-order valence-electron chi connectivity index (χ1n) is 9.17. The maximum atomic E-state index is 13.4. The van der Waals surface area contributed by atoms with Crippen molar-refractivity contribution in [3.8, 4) is 5.75 Å². The Labute approximate surface area is 171 Å². The van der Waals surface area contributed by atoms with Crippen LogP contribution in [0.15, 0.2) is 53.7 Å². The minimum atomic E-state index is -0.524. The number of methoxy groups -OCH3 is 1. The van der Waals surface area contributed by atoms with Gasteiger partial charge in [0.15, 0.2) is 5.82 Å². The summed E-state index contributed by atoms with van der Waals surface area (Å²) in [7, 11) is 1.59. The molecule has 2 atom stereocenters. The molecular formula is C20H20FN5O2S. The van der Waals surface area contributed by atoms with E-state index in [2.05, 4.69) is 20.9 Å². The van der Waals surface area contributed by atoms with E-state index in [1.54, 1.807) is 48.2 Å². The van der Waals surface area contributed by atoms with Gasteiger partial charge < -0.3 is 15.5 Å². The van der Waals surface area contributed by atoms with Crippen molar-refractivity contribution >= 4 is 23.4 Å². The summed E-state index contributed by atoms with van der Waals surface area (Å²) in [4.78, 5) is 13.1. The molecular weight excluding hydrogens is 393 g/mol. The largest absolute Gasteiger partial charge is 0.497 e. The maximum Gasteiger partial charge on any atom is 0.240 e. The van der Waals surface area contributed by atoms with Crippen LogP contribution in [-0.4, -0.2) is 33.1 Å². The van der Waals surface area contributed by atoms with E-state index in [1.807, 2.05) is 6.92 Å². The SMILES string of the molecule is CCc1nnc2n1NC(c1ccc(F)cc1)C(C(=O)Nc1ccc(OC)cc1)S2. The van der Waals surface area contributed by atoms with Crippen LogP contribution in [0, 0.1) is 5.82 Å². The Hall–Kier alpha value is -3.07. The van der Waals surface area contributed by atoms with E-state index < -0.39 is 5.25 Å². The Kier molecular flexibility index (Phi) is 5.39. The van der Waals surface area contributed by atoms with Gasteiger partial charge >= 0.3 is 0 Å². The fourth-order valence-corrected chi connectivity index (χ4v) is 4.23. The first-order chi connectivity index (χ1) is 14.1. The Morgan fingerprint density at radius 1 is 1.21 bits per heavy atom. The Morgan fingerprint density at radius 3 is 2.59 bits per heavy atom. The Balaban J connectivity index is 1.63. The number of hydrogen-bond acceptors (Lipinski definition) is 6. The molecule has 9 heteroatoms. The molecule has 1 aliphatic heterocycles. The molecule has 0 radical (unpaired) electrons. The van der Waals surface area contributed by atoms with Gasteiger partial charge in [-0.3, -0.25) is 4.79 Å². The molecule has 7 nitrogen and oxygen atoms in total. The molecule has 0 aliphatic carbocycles. The van der Waals surface area contributed by atoms with E-state index in [4.69, 9.17) is 4.74 Å². The standard InChI is InChI=1S/C20H20FN5O2S/c1-3-16-23-24-20-26(16)25-17(12-4-6-13(21)7-5-12)18(29-20)19(27)22-14-8-10-15(28-2)11-9-14/h4-11,17-18,25H,3H2,1-2H3,(H,22,27). The summed E-state index contributed by atoms with van der Waals surface area (Å²) in [6, 6.07) is 12.9. The van der Waals surface area contributed by atoms with E-state index in [1.165, 1.54) is 23.9 Å². The number of nitrogens with zero attached hydrogens (tertiary/aromatic N) is 3. The summed E-state index contributed by atoms with van der Waals surface area (Å²) in [6.07, 6.45) is 0.694. The number of rotatable bonds is 5. The van der Waals surface area contributed by atoms with Crippen molar-refractivity contribution in [3.63, 3.8) is 0 Å². The Morgan fingerprint density at radius 2 is 1.93 bits per heavy atom. The van der Waals surface area contributed by atoms with E-state index in [0.29, 0.717) is 23.0 Å². The van der Waals surface area contributed by atoms with Crippen molar-refractivity contribution in [2.45, 2.75) is 29.8 Å². The number of benzene rings is 2. The zero-order valence-corrected chi connectivity index (χ0v) is 16.7. The van der Waals surface area contributed by atoms with Gasteiger partial charge in [0, 0.05) is 12.1 Å². The van der Waals surface area contributed by atoms with Crippen LogP contribution in [0.5, 0.6) is 5.75 Å². The predicted octanol–water partition coefficient (Wildman–Crippen LogP) is 3.39. The van der Waals surface area contributed by atoms with Crippen LogP contribution in [0.3, 0.4) is 0 Å². The zero-order chi connectivity index (χ0) is 20.4. The van der Waals surface area contributed by atoms with Crippen molar-refractivity contribution < 1.29 is 13.9 Å². The number of halogens is 1. The van der Waals surface area contributed by atoms with Gasteiger partial charge in [0.25, 0.3) is 0 Å². The molecule has 3 aromatic rings. The molecule has 1 aliphatic rings. The van der Waals surface area contributed by atoms with E-state index in [9.17, 15) is 9.18 Å². The summed E-state index contributed by atoms with van der Waals surface area (Å²) in [5.74, 6) is 0.972. The molecule has 0 saturated carbocycles. The second-order valence-electron chi connectivity index (χ2n) is 6.50. The number of aryl methyl sites for hydroxylation is 1. The van der Waals surface area contributed by atoms with Gasteiger partial charge in [-0.05, 0) is 42.0 Å². The molecule has 0 spiro atoms. The minimum Gasteiger partial charge on any atom is -0.497 e. The lowest BCUT2D eigenvalue weighted by molar-refractivity contribution is -0.116. The molecule has 2 heterocycles. The van der Waals surface area contributed by atoms with Gasteiger partial charge in [0.05, 0.1) is 13.2 Å². The maximum absolute atomic E-state index is 13.4. The lowest BCUT2D eigenvalue weighted by atomic mass is 10.0. The van der Waals surface area contributed by atoms with Gasteiger partial charge in [-0.25, -0.2) is 9.07 Å². The van der Waals surface area contributed by atoms with E-state index in [-0.39, 0.29) is 17.8 Å². The molecule has 0 bridgehead atoms. The van der Waals surface area contributed by atoms with Gasteiger partial charge in [-0.1, -0.05) is 30.8 Å². The number of anilines is 1. The first kappa shape index (κ1) is 19.3. The smallest absolute Gasteiger partial charge is 0.240 e. The van der Waals surface area contributed by atoms with Crippen LogP contribution >= 0.6 is 11.8 Å². The van der Waals surface area contributed by atoms with Gasteiger partial charge in [0.1, 0.15) is 16.8 Å². The first-order valence-corrected chi connectivity index (χ1v) is 10.0. The van der Waals surface area contributed by atoms with Crippen LogP contribution in [0.2, 0.25) is 0 Å². The van der Waals surface area contributed by atoms with Crippen molar-refractivity contribution in [1.82, 2.24) is 14.9 Å². The van der Waals surface area contributed by atoms with E-state index in [0.717, 1.165) is 11.4 Å². The second-order valence-corrected chi connectivity index (χ2v) is 7.61. The summed E-state index contributed by atoms with van der Waals surface area (Å²) < 4.78 is 20.4. The third-order valence-corrected chi connectivity index (χ3v) is 5.88. The normalized spacial score (nSPS) is 17.9. The number of thioether (sulfide) groups is 1. The molecule has 0 saturated heterocycles. The van der Waals surface area contributed by atoms with Crippen molar-refractivity contribution in [2.75, 3.05) is 17.9 Å². The van der Waals surface area contributed by atoms with Crippen molar-refractivity contribution in [1.29, 1.82) is 0 Å². The topological polar surface area (TPSA) is 81.1 Å². The van der Waals surface area contributed by atoms with Crippen LogP contribution in [-0.2, 0) is 11.2 Å². The van der Waals surface area contributed by atoms with Gasteiger partial charge in [-0.2, -0.15) is 0 Å². The van der Waals surface area contributed by atoms with Crippen LogP contribution in [0.1, 0.15) is 24.4 Å².